The summed E-state index contributed by atoms with van der Waals surface area (Å²) in [6.07, 6.45) is 10.7. The molecular formula is C17H22N4O. The second-order valence-electron chi connectivity index (χ2n) is 7.40. The van der Waals surface area contributed by atoms with Gasteiger partial charge in [0.25, 0.3) is 0 Å². The number of fused-ring (bicyclic) bond motifs is 6. The number of amides is 2. The average molecular weight is 298 g/mol. The minimum atomic E-state index is 0.141. The van der Waals surface area contributed by atoms with Gasteiger partial charge in [0, 0.05) is 31.2 Å². The number of aromatic nitrogens is 2. The minimum Gasteiger partial charge on any atom is -0.348 e. The first-order chi connectivity index (χ1) is 10.8. The van der Waals surface area contributed by atoms with Crippen molar-refractivity contribution in [2.75, 3.05) is 13.1 Å². The van der Waals surface area contributed by atoms with Crippen molar-refractivity contribution >= 4 is 6.03 Å². The lowest BCUT2D eigenvalue weighted by molar-refractivity contribution is 0.198. The van der Waals surface area contributed by atoms with Crippen LogP contribution in [0.3, 0.4) is 0 Å². The Bertz CT molecular complexity index is 616. The average Bonchev–Trinajstić information content (AvgIpc) is 3.27. The van der Waals surface area contributed by atoms with Crippen LogP contribution < -0.4 is 5.32 Å². The largest absolute Gasteiger partial charge is 0.348 e. The molecule has 3 unspecified atom stereocenters. The summed E-state index contributed by atoms with van der Waals surface area (Å²) in [6, 6.07) is 0.387. The third-order valence-electron chi connectivity index (χ3n) is 6.26. The molecule has 4 aliphatic rings. The maximum absolute atomic E-state index is 12.6. The number of likely N-dealkylation sites (tertiary alicyclic amines) is 1. The summed E-state index contributed by atoms with van der Waals surface area (Å²) >= 11 is 0. The molecule has 5 rings (SSSR count). The number of carbonyl (C=O) groups excluding carboxylic acids is 1. The van der Waals surface area contributed by atoms with Gasteiger partial charge in [-0.1, -0.05) is 12.2 Å². The van der Waals surface area contributed by atoms with E-state index in [-0.39, 0.29) is 12.1 Å². The summed E-state index contributed by atoms with van der Waals surface area (Å²) in [5.41, 5.74) is 2.36. The predicted octanol–water partition coefficient (Wildman–Crippen LogP) is 1.73. The fourth-order valence-electron chi connectivity index (χ4n) is 5.11. The van der Waals surface area contributed by atoms with Crippen LogP contribution in [-0.4, -0.2) is 40.0 Å². The molecule has 2 fully saturated rings. The highest BCUT2D eigenvalue weighted by molar-refractivity contribution is 5.75. The summed E-state index contributed by atoms with van der Waals surface area (Å²) < 4.78 is 0. The highest BCUT2D eigenvalue weighted by Gasteiger charge is 2.50. The molecule has 2 N–H and O–H groups in total. The highest BCUT2D eigenvalue weighted by Crippen LogP contribution is 2.51. The molecule has 22 heavy (non-hydrogen) atoms. The number of H-pyrrole nitrogens is 1. The first-order valence-electron chi connectivity index (χ1n) is 8.53. The van der Waals surface area contributed by atoms with Crippen LogP contribution in [0.5, 0.6) is 0 Å². The van der Waals surface area contributed by atoms with Crippen LogP contribution in [0.1, 0.15) is 24.2 Å². The number of hydrogen-bond acceptors (Lipinski definition) is 2. The van der Waals surface area contributed by atoms with Gasteiger partial charge in [-0.3, -0.25) is 0 Å². The Balaban J connectivity index is 1.22. The van der Waals surface area contributed by atoms with E-state index >= 15 is 0 Å². The molecule has 1 saturated heterocycles. The number of aryl methyl sites for hydroxylation is 1. The minimum absolute atomic E-state index is 0.141. The van der Waals surface area contributed by atoms with Gasteiger partial charge in [0.05, 0.1) is 12.0 Å². The molecule has 0 spiro atoms. The molecule has 1 saturated carbocycles. The molecule has 2 amide bonds. The number of aromatic amines is 1. The zero-order chi connectivity index (χ0) is 14.7. The SMILES string of the molecule is O=C(NC1CCc2nc[nH]c2C1)N1C[C@@H]2C3C=CC(C3)[C@@H]2C1. The van der Waals surface area contributed by atoms with Crippen LogP contribution in [0.2, 0.25) is 0 Å². The van der Waals surface area contributed by atoms with E-state index in [2.05, 4.69) is 32.3 Å². The zero-order valence-electron chi connectivity index (χ0n) is 12.7. The van der Waals surface area contributed by atoms with E-state index in [0.717, 1.165) is 44.2 Å². The first kappa shape index (κ1) is 12.7. The van der Waals surface area contributed by atoms with Gasteiger partial charge >= 0.3 is 6.03 Å². The van der Waals surface area contributed by atoms with Gasteiger partial charge in [-0.2, -0.15) is 0 Å². The molecule has 0 radical (unpaired) electrons. The number of nitrogens with zero attached hydrogens (tertiary/aromatic N) is 2. The quantitative estimate of drug-likeness (QED) is 0.776. The van der Waals surface area contributed by atoms with Gasteiger partial charge < -0.3 is 15.2 Å². The van der Waals surface area contributed by atoms with E-state index in [9.17, 15) is 4.79 Å². The van der Waals surface area contributed by atoms with Crippen molar-refractivity contribution in [2.45, 2.75) is 31.7 Å². The Kier molecular flexibility index (Phi) is 2.67. The third-order valence-corrected chi connectivity index (χ3v) is 6.26. The second-order valence-corrected chi connectivity index (χ2v) is 7.40. The molecule has 2 bridgehead atoms. The Morgan fingerprint density at radius 2 is 2.05 bits per heavy atom. The Morgan fingerprint density at radius 3 is 2.82 bits per heavy atom. The maximum Gasteiger partial charge on any atom is 0.317 e. The van der Waals surface area contributed by atoms with Crippen LogP contribution in [0, 0.1) is 23.7 Å². The van der Waals surface area contributed by atoms with Gasteiger partial charge in [-0.25, -0.2) is 9.78 Å². The predicted molar refractivity (Wildman–Crippen MR) is 82.2 cm³/mol. The number of urea groups is 1. The normalized spacial score (nSPS) is 38.2. The van der Waals surface area contributed by atoms with Crippen LogP contribution >= 0.6 is 0 Å². The molecule has 3 aliphatic carbocycles. The standard InChI is InChI=1S/C17H22N4O/c22-17(20-12-3-4-15-16(6-12)19-9-18-15)21-7-13-10-1-2-11(5-10)14(13)8-21/h1-2,9-14H,3-8H2,(H,18,19)(H,20,22)/t10?,11?,12?,13-,14+. The fraction of sp³-hybridized carbons (Fsp3) is 0.647. The van der Waals surface area contributed by atoms with Crippen molar-refractivity contribution in [1.82, 2.24) is 20.2 Å². The van der Waals surface area contributed by atoms with Crippen molar-refractivity contribution in [3.05, 3.63) is 29.9 Å². The molecule has 2 heterocycles. The molecular weight excluding hydrogens is 276 g/mol. The highest BCUT2D eigenvalue weighted by atomic mass is 16.2. The number of allylic oxidation sites excluding steroid dienone is 2. The van der Waals surface area contributed by atoms with Crippen LogP contribution in [0.15, 0.2) is 18.5 Å². The van der Waals surface area contributed by atoms with Crippen LogP contribution in [0.4, 0.5) is 4.79 Å². The van der Waals surface area contributed by atoms with E-state index in [0.29, 0.717) is 11.8 Å². The zero-order valence-corrected chi connectivity index (χ0v) is 12.7. The third kappa shape index (κ3) is 1.84. The van der Waals surface area contributed by atoms with E-state index in [1.807, 2.05) is 0 Å². The Labute approximate surface area is 130 Å². The number of carbonyl (C=O) groups is 1. The van der Waals surface area contributed by atoms with Gasteiger partial charge in [0.2, 0.25) is 0 Å². The fourth-order valence-corrected chi connectivity index (χ4v) is 5.11. The monoisotopic (exact) mass is 298 g/mol. The van der Waals surface area contributed by atoms with Crippen molar-refractivity contribution in [2.24, 2.45) is 23.7 Å². The van der Waals surface area contributed by atoms with Gasteiger partial charge in [-0.15, -0.1) is 0 Å². The van der Waals surface area contributed by atoms with E-state index in [1.54, 1.807) is 6.33 Å². The van der Waals surface area contributed by atoms with Crippen molar-refractivity contribution in [3.63, 3.8) is 0 Å². The summed E-state index contributed by atoms with van der Waals surface area (Å²) in [5, 5.41) is 3.25. The lowest BCUT2D eigenvalue weighted by Crippen LogP contribution is -2.46. The second kappa shape index (κ2) is 4.61. The van der Waals surface area contributed by atoms with Crippen molar-refractivity contribution in [1.29, 1.82) is 0 Å². The lowest BCUT2D eigenvalue weighted by atomic mass is 9.86. The Hall–Kier alpha value is -1.78. The summed E-state index contributed by atoms with van der Waals surface area (Å²) in [7, 11) is 0. The summed E-state index contributed by atoms with van der Waals surface area (Å²) in [6.45, 7) is 1.90. The lowest BCUT2D eigenvalue weighted by Gasteiger charge is -2.26. The topological polar surface area (TPSA) is 61.0 Å². The van der Waals surface area contributed by atoms with Crippen molar-refractivity contribution in [3.8, 4) is 0 Å². The van der Waals surface area contributed by atoms with Crippen LogP contribution in [-0.2, 0) is 12.8 Å². The number of rotatable bonds is 1. The molecule has 0 aromatic carbocycles. The number of nitrogens with one attached hydrogen (secondary N) is 2. The first-order valence-corrected chi connectivity index (χ1v) is 8.53. The smallest absolute Gasteiger partial charge is 0.317 e. The molecule has 5 nitrogen and oxygen atoms in total. The maximum atomic E-state index is 12.6. The van der Waals surface area contributed by atoms with Crippen molar-refractivity contribution < 1.29 is 4.79 Å². The molecule has 5 heteroatoms. The van der Waals surface area contributed by atoms with E-state index in [4.69, 9.17) is 0 Å². The molecule has 1 aliphatic heterocycles. The Morgan fingerprint density at radius 1 is 1.27 bits per heavy atom. The van der Waals surface area contributed by atoms with Gasteiger partial charge in [0.15, 0.2) is 0 Å². The van der Waals surface area contributed by atoms with Crippen LogP contribution in [0.25, 0.3) is 0 Å². The molecule has 116 valence electrons. The van der Waals surface area contributed by atoms with Gasteiger partial charge in [-0.05, 0) is 42.9 Å². The van der Waals surface area contributed by atoms with E-state index in [1.165, 1.54) is 17.8 Å². The molecule has 1 aromatic heterocycles. The summed E-state index contributed by atoms with van der Waals surface area (Å²) in [4.78, 5) is 22.2. The number of hydrogen-bond donors (Lipinski definition) is 2. The number of imidazole rings is 1. The van der Waals surface area contributed by atoms with Gasteiger partial charge in [0.1, 0.15) is 0 Å². The van der Waals surface area contributed by atoms with E-state index < -0.39 is 0 Å². The molecule has 5 atom stereocenters. The molecule has 1 aromatic rings. The summed E-state index contributed by atoms with van der Waals surface area (Å²) in [5.74, 6) is 2.89.